The van der Waals surface area contributed by atoms with Gasteiger partial charge in [0, 0.05) is 23.4 Å². The van der Waals surface area contributed by atoms with Gasteiger partial charge in [-0.1, -0.05) is 13.0 Å². The summed E-state index contributed by atoms with van der Waals surface area (Å²) in [4.78, 5) is 0. The average molecular weight is 229 g/mol. The van der Waals surface area contributed by atoms with Crippen molar-refractivity contribution in [3.05, 3.63) is 29.6 Å². The lowest BCUT2D eigenvalue weighted by molar-refractivity contribution is 0.410. The van der Waals surface area contributed by atoms with Crippen LogP contribution in [0.5, 0.6) is 5.75 Å². The fourth-order valence-corrected chi connectivity index (χ4v) is 1.94. The van der Waals surface area contributed by atoms with Gasteiger partial charge in [-0.3, -0.25) is 0 Å². The third-order valence-electron chi connectivity index (χ3n) is 2.11. The first-order valence-electron chi connectivity index (χ1n) is 4.85. The van der Waals surface area contributed by atoms with Crippen LogP contribution in [0.1, 0.15) is 18.5 Å². The Labute approximate surface area is 94.0 Å². The first-order valence-corrected chi connectivity index (χ1v) is 6.01. The van der Waals surface area contributed by atoms with Crippen LogP contribution in [0.3, 0.4) is 0 Å². The lowest BCUT2D eigenvalue weighted by Gasteiger charge is -2.12. The normalized spacial score (nSPS) is 12.5. The van der Waals surface area contributed by atoms with Gasteiger partial charge in [-0.15, -0.1) is 0 Å². The molecule has 0 bridgehead atoms. The molecule has 0 heterocycles. The maximum atomic E-state index is 13.5. The molecule has 0 radical (unpaired) electrons. The van der Waals surface area contributed by atoms with E-state index in [0.717, 1.165) is 11.5 Å². The van der Waals surface area contributed by atoms with Gasteiger partial charge in [-0.2, -0.15) is 11.8 Å². The number of benzene rings is 1. The predicted molar refractivity (Wildman–Crippen MR) is 62.9 cm³/mol. The molecular formula is C11H16FNOS. The topological polar surface area (TPSA) is 35.2 Å². The van der Waals surface area contributed by atoms with Gasteiger partial charge in [0.15, 0.2) is 0 Å². The predicted octanol–water partition coefficient (Wildman–Crippen LogP) is 2.59. The molecule has 0 amide bonds. The molecule has 0 spiro atoms. The summed E-state index contributed by atoms with van der Waals surface area (Å²) < 4.78 is 18.5. The van der Waals surface area contributed by atoms with Gasteiger partial charge in [-0.05, 0) is 11.8 Å². The zero-order chi connectivity index (χ0) is 11.3. The molecule has 0 saturated heterocycles. The molecule has 0 aliphatic carbocycles. The average Bonchev–Trinajstić information content (AvgIpc) is 2.25. The van der Waals surface area contributed by atoms with Crippen LogP contribution in [0.2, 0.25) is 0 Å². The highest BCUT2D eigenvalue weighted by Crippen LogP contribution is 2.22. The maximum Gasteiger partial charge on any atom is 0.131 e. The lowest BCUT2D eigenvalue weighted by atomic mass is 10.1. The van der Waals surface area contributed by atoms with Crippen molar-refractivity contribution < 1.29 is 9.13 Å². The highest BCUT2D eigenvalue weighted by molar-refractivity contribution is 7.99. The van der Waals surface area contributed by atoms with Crippen LogP contribution in [0.4, 0.5) is 4.39 Å². The molecule has 0 fully saturated rings. The minimum Gasteiger partial charge on any atom is -0.497 e. The zero-order valence-electron chi connectivity index (χ0n) is 9.00. The number of ether oxygens (including phenoxy) is 1. The third kappa shape index (κ3) is 3.39. The van der Waals surface area contributed by atoms with Crippen molar-refractivity contribution in [1.29, 1.82) is 0 Å². The van der Waals surface area contributed by atoms with Crippen LogP contribution in [0.15, 0.2) is 18.2 Å². The molecule has 0 aliphatic rings. The minimum absolute atomic E-state index is 0.249. The van der Waals surface area contributed by atoms with Crippen LogP contribution in [-0.4, -0.2) is 18.6 Å². The third-order valence-corrected chi connectivity index (χ3v) is 3.11. The van der Waals surface area contributed by atoms with Gasteiger partial charge in [-0.25, -0.2) is 4.39 Å². The van der Waals surface area contributed by atoms with Crippen LogP contribution >= 0.6 is 11.8 Å². The summed E-state index contributed by atoms with van der Waals surface area (Å²) in [5.41, 5.74) is 6.42. The Hall–Kier alpha value is -0.740. The molecule has 1 rings (SSSR count). The molecule has 0 aromatic heterocycles. The summed E-state index contributed by atoms with van der Waals surface area (Å²) in [5.74, 6) is 1.95. The van der Waals surface area contributed by atoms with E-state index in [2.05, 4.69) is 6.92 Å². The number of hydrogen-bond donors (Lipinski definition) is 1. The molecule has 2 nitrogen and oxygen atoms in total. The minimum atomic E-state index is -0.293. The van der Waals surface area contributed by atoms with Gasteiger partial charge >= 0.3 is 0 Å². The first kappa shape index (κ1) is 12.3. The van der Waals surface area contributed by atoms with E-state index in [9.17, 15) is 4.39 Å². The first-order chi connectivity index (χ1) is 7.19. The van der Waals surface area contributed by atoms with Crippen LogP contribution in [0, 0.1) is 5.82 Å². The second-order valence-corrected chi connectivity index (χ2v) is 4.47. The van der Waals surface area contributed by atoms with E-state index < -0.39 is 0 Å². The molecule has 1 aromatic rings. The molecule has 1 unspecified atom stereocenters. The van der Waals surface area contributed by atoms with E-state index >= 15 is 0 Å². The number of methoxy groups -OCH3 is 1. The Morgan fingerprint density at radius 1 is 1.53 bits per heavy atom. The van der Waals surface area contributed by atoms with Crippen LogP contribution in [0.25, 0.3) is 0 Å². The number of nitrogens with two attached hydrogens (primary N) is 1. The summed E-state index contributed by atoms with van der Waals surface area (Å²) in [6, 6.07) is 4.54. The summed E-state index contributed by atoms with van der Waals surface area (Å²) in [5, 5.41) is 0. The molecule has 84 valence electrons. The maximum absolute atomic E-state index is 13.5. The Kier molecular flexibility index (Phi) is 4.91. The number of halogens is 1. The van der Waals surface area contributed by atoms with Gasteiger partial charge in [0.2, 0.25) is 0 Å². The highest BCUT2D eigenvalue weighted by atomic mass is 32.2. The Morgan fingerprint density at radius 3 is 2.80 bits per heavy atom. The van der Waals surface area contributed by atoms with Crippen molar-refractivity contribution in [3.63, 3.8) is 0 Å². The van der Waals surface area contributed by atoms with E-state index in [0.29, 0.717) is 11.3 Å². The summed E-state index contributed by atoms with van der Waals surface area (Å²) in [6.45, 7) is 2.06. The fraction of sp³-hybridized carbons (Fsp3) is 0.455. The SMILES string of the molecule is CCSCC(N)c1ccc(OC)cc1F. The van der Waals surface area contributed by atoms with Gasteiger partial charge in [0.05, 0.1) is 7.11 Å². The molecular weight excluding hydrogens is 213 g/mol. The van der Waals surface area contributed by atoms with Crippen molar-refractivity contribution >= 4 is 11.8 Å². The zero-order valence-corrected chi connectivity index (χ0v) is 9.81. The fourth-order valence-electron chi connectivity index (χ4n) is 1.27. The van der Waals surface area contributed by atoms with Crippen molar-refractivity contribution in [2.24, 2.45) is 5.73 Å². The molecule has 0 saturated carbocycles. The number of thioether (sulfide) groups is 1. The molecule has 1 atom stereocenters. The second kappa shape index (κ2) is 5.98. The summed E-state index contributed by atoms with van der Waals surface area (Å²) in [7, 11) is 1.52. The Bertz CT molecular complexity index is 319. The smallest absolute Gasteiger partial charge is 0.131 e. The quantitative estimate of drug-likeness (QED) is 0.843. The molecule has 4 heteroatoms. The van der Waals surface area contributed by atoms with Crippen LogP contribution in [-0.2, 0) is 0 Å². The van der Waals surface area contributed by atoms with E-state index in [1.165, 1.54) is 13.2 Å². The monoisotopic (exact) mass is 229 g/mol. The standard InChI is InChI=1S/C11H16FNOS/c1-3-15-7-11(13)9-5-4-8(14-2)6-10(9)12/h4-6,11H,3,7,13H2,1-2H3. The van der Waals surface area contributed by atoms with E-state index in [1.807, 2.05) is 0 Å². The van der Waals surface area contributed by atoms with Crippen molar-refractivity contribution in [3.8, 4) is 5.75 Å². The van der Waals surface area contributed by atoms with Crippen molar-refractivity contribution in [1.82, 2.24) is 0 Å². The lowest BCUT2D eigenvalue weighted by Crippen LogP contribution is -2.14. The van der Waals surface area contributed by atoms with E-state index in [-0.39, 0.29) is 11.9 Å². The largest absolute Gasteiger partial charge is 0.497 e. The van der Waals surface area contributed by atoms with Crippen LogP contribution < -0.4 is 10.5 Å². The van der Waals surface area contributed by atoms with Crippen molar-refractivity contribution in [2.45, 2.75) is 13.0 Å². The summed E-state index contributed by atoms with van der Waals surface area (Å²) >= 11 is 1.71. The Morgan fingerprint density at radius 2 is 2.27 bits per heavy atom. The molecule has 15 heavy (non-hydrogen) atoms. The van der Waals surface area contributed by atoms with E-state index in [1.54, 1.807) is 23.9 Å². The summed E-state index contributed by atoms with van der Waals surface area (Å²) in [6.07, 6.45) is 0. The number of rotatable bonds is 5. The van der Waals surface area contributed by atoms with Gasteiger partial charge < -0.3 is 10.5 Å². The Balaban J connectivity index is 2.76. The second-order valence-electron chi connectivity index (χ2n) is 3.15. The molecule has 1 aromatic carbocycles. The van der Waals surface area contributed by atoms with E-state index in [4.69, 9.17) is 10.5 Å². The molecule has 2 N–H and O–H groups in total. The van der Waals surface area contributed by atoms with Crippen molar-refractivity contribution in [2.75, 3.05) is 18.6 Å². The highest BCUT2D eigenvalue weighted by Gasteiger charge is 2.11. The molecule has 0 aliphatic heterocycles. The van der Waals surface area contributed by atoms with Gasteiger partial charge in [0.1, 0.15) is 11.6 Å². The van der Waals surface area contributed by atoms with Gasteiger partial charge in [0.25, 0.3) is 0 Å². The number of hydrogen-bond acceptors (Lipinski definition) is 3.